The summed E-state index contributed by atoms with van der Waals surface area (Å²) in [5.74, 6) is 1.49. The van der Waals surface area contributed by atoms with Crippen LogP contribution in [0.3, 0.4) is 0 Å². The molecule has 0 radical (unpaired) electrons. The standard InChI is InChI=1S/C23H22N4O/c1-15-10-11-17-19(13-15)25-22(18-8-4-5-9-21(18)28)26-23(17)27(3)14-20-16(2)7-6-12-24-20/h4-13,28H,14H2,1-3H3. The molecule has 0 bridgehead atoms. The van der Waals surface area contributed by atoms with Crippen molar-refractivity contribution in [2.75, 3.05) is 11.9 Å². The summed E-state index contributed by atoms with van der Waals surface area (Å²) in [4.78, 5) is 16.1. The fraction of sp³-hybridized carbons (Fsp3) is 0.174. The molecule has 2 aromatic heterocycles. The number of rotatable bonds is 4. The highest BCUT2D eigenvalue weighted by atomic mass is 16.3. The fourth-order valence-electron chi connectivity index (χ4n) is 3.28. The molecule has 0 fully saturated rings. The molecular formula is C23H22N4O. The summed E-state index contributed by atoms with van der Waals surface area (Å²) in [6.07, 6.45) is 1.81. The van der Waals surface area contributed by atoms with E-state index in [1.54, 1.807) is 12.1 Å². The van der Waals surface area contributed by atoms with Crippen LogP contribution in [-0.4, -0.2) is 27.1 Å². The van der Waals surface area contributed by atoms with Gasteiger partial charge >= 0.3 is 0 Å². The number of para-hydroxylation sites is 1. The Morgan fingerprint density at radius 2 is 1.79 bits per heavy atom. The summed E-state index contributed by atoms with van der Waals surface area (Å²) in [6, 6.07) is 17.3. The van der Waals surface area contributed by atoms with Crippen molar-refractivity contribution in [2.45, 2.75) is 20.4 Å². The van der Waals surface area contributed by atoms with Gasteiger partial charge in [-0.3, -0.25) is 4.98 Å². The zero-order chi connectivity index (χ0) is 19.7. The Morgan fingerprint density at radius 3 is 2.57 bits per heavy atom. The molecule has 1 N–H and O–H groups in total. The molecule has 0 saturated carbocycles. The minimum absolute atomic E-state index is 0.170. The number of anilines is 1. The predicted molar refractivity (Wildman–Crippen MR) is 112 cm³/mol. The molecule has 2 aromatic carbocycles. The number of benzene rings is 2. The first kappa shape index (κ1) is 17.9. The maximum absolute atomic E-state index is 10.3. The summed E-state index contributed by atoms with van der Waals surface area (Å²) < 4.78 is 0. The van der Waals surface area contributed by atoms with Gasteiger partial charge < -0.3 is 10.0 Å². The van der Waals surface area contributed by atoms with Gasteiger partial charge in [-0.25, -0.2) is 9.97 Å². The smallest absolute Gasteiger partial charge is 0.165 e. The van der Waals surface area contributed by atoms with Crippen LogP contribution in [0.2, 0.25) is 0 Å². The second-order valence-electron chi connectivity index (χ2n) is 7.03. The van der Waals surface area contributed by atoms with Crippen LogP contribution in [0, 0.1) is 13.8 Å². The van der Waals surface area contributed by atoms with Crippen LogP contribution in [0.4, 0.5) is 5.82 Å². The number of aryl methyl sites for hydroxylation is 2. The summed E-state index contributed by atoms with van der Waals surface area (Å²) in [6.45, 7) is 4.74. The van der Waals surface area contributed by atoms with Gasteiger partial charge in [0.25, 0.3) is 0 Å². The molecule has 2 heterocycles. The fourth-order valence-corrected chi connectivity index (χ4v) is 3.28. The highest BCUT2D eigenvalue weighted by Crippen LogP contribution is 2.32. The van der Waals surface area contributed by atoms with Crippen LogP contribution < -0.4 is 4.90 Å². The number of phenols is 1. The highest BCUT2D eigenvalue weighted by molar-refractivity contribution is 5.91. The lowest BCUT2D eigenvalue weighted by molar-refractivity contribution is 0.477. The minimum atomic E-state index is 0.170. The van der Waals surface area contributed by atoms with Gasteiger partial charge in [0, 0.05) is 18.6 Å². The first-order chi connectivity index (χ1) is 13.5. The normalized spacial score (nSPS) is 11.0. The van der Waals surface area contributed by atoms with E-state index in [1.165, 1.54) is 0 Å². The molecule has 5 nitrogen and oxygen atoms in total. The molecule has 4 rings (SSSR count). The molecule has 28 heavy (non-hydrogen) atoms. The number of hydrogen-bond acceptors (Lipinski definition) is 5. The maximum atomic E-state index is 10.3. The Balaban J connectivity index is 1.86. The molecule has 0 aliphatic carbocycles. The van der Waals surface area contributed by atoms with E-state index in [1.807, 2.05) is 44.4 Å². The highest BCUT2D eigenvalue weighted by Gasteiger charge is 2.16. The molecule has 5 heteroatoms. The molecule has 0 spiro atoms. The van der Waals surface area contributed by atoms with E-state index < -0.39 is 0 Å². The van der Waals surface area contributed by atoms with Gasteiger partial charge in [-0.2, -0.15) is 0 Å². The average molecular weight is 370 g/mol. The number of nitrogens with zero attached hydrogens (tertiary/aromatic N) is 4. The van der Waals surface area contributed by atoms with E-state index in [-0.39, 0.29) is 5.75 Å². The van der Waals surface area contributed by atoms with Crippen molar-refractivity contribution < 1.29 is 5.11 Å². The lowest BCUT2D eigenvalue weighted by Gasteiger charge is -2.21. The first-order valence-electron chi connectivity index (χ1n) is 9.21. The Morgan fingerprint density at radius 1 is 0.964 bits per heavy atom. The minimum Gasteiger partial charge on any atom is -0.507 e. The predicted octanol–water partition coefficient (Wildman–Crippen LogP) is 4.65. The second kappa shape index (κ2) is 7.27. The van der Waals surface area contributed by atoms with Crippen molar-refractivity contribution in [2.24, 2.45) is 0 Å². The summed E-state index contributed by atoms with van der Waals surface area (Å²) in [5, 5.41) is 11.3. The quantitative estimate of drug-likeness (QED) is 0.566. The van der Waals surface area contributed by atoms with E-state index in [9.17, 15) is 5.11 Å². The number of fused-ring (bicyclic) bond motifs is 1. The van der Waals surface area contributed by atoms with E-state index in [4.69, 9.17) is 9.97 Å². The third-order valence-electron chi connectivity index (χ3n) is 4.84. The number of aromatic hydroxyl groups is 1. The van der Waals surface area contributed by atoms with E-state index in [0.717, 1.165) is 33.5 Å². The third kappa shape index (κ3) is 3.39. The van der Waals surface area contributed by atoms with Crippen LogP contribution >= 0.6 is 0 Å². The Hall–Kier alpha value is -3.47. The van der Waals surface area contributed by atoms with Crippen molar-refractivity contribution in [3.05, 3.63) is 77.6 Å². The van der Waals surface area contributed by atoms with Gasteiger partial charge in [-0.05, 0) is 55.3 Å². The monoisotopic (exact) mass is 370 g/mol. The zero-order valence-electron chi connectivity index (χ0n) is 16.2. The number of pyridine rings is 1. The van der Waals surface area contributed by atoms with Crippen LogP contribution in [0.1, 0.15) is 16.8 Å². The molecule has 140 valence electrons. The van der Waals surface area contributed by atoms with Gasteiger partial charge in [0.2, 0.25) is 0 Å². The van der Waals surface area contributed by atoms with Gasteiger partial charge in [-0.15, -0.1) is 0 Å². The number of hydrogen-bond donors (Lipinski definition) is 1. The molecule has 0 amide bonds. The number of aromatic nitrogens is 3. The second-order valence-corrected chi connectivity index (χ2v) is 7.03. The van der Waals surface area contributed by atoms with Gasteiger partial charge in [0.15, 0.2) is 5.82 Å². The van der Waals surface area contributed by atoms with E-state index in [0.29, 0.717) is 17.9 Å². The molecule has 0 atom stereocenters. The Bertz CT molecular complexity index is 1160. The van der Waals surface area contributed by atoms with Crippen LogP contribution in [-0.2, 0) is 6.54 Å². The lowest BCUT2D eigenvalue weighted by atomic mass is 10.1. The van der Waals surface area contributed by atoms with E-state index in [2.05, 4.69) is 35.0 Å². The SMILES string of the molecule is Cc1ccc2c(N(C)Cc3ncccc3C)nc(-c3ccccc3O)nc2c1. The molecule has 0 unspecified atom stereocenters. The summed E-state index contributed by atoms with van der Waals surface area (Å²) in [7, 11) is 2.00. The third-order valence-corrected chi connectivity index (χ3v) is 4.84. The lowest BCUT2D eigenvalue weighted by Crippen LogP contribution is -2.20. The van der Waals surface area contributed by atoms with E-state index >= 15 is 0 Å². The molecule has 0 aliphatic rings. The zero-order valence-corrected chi connectivity index (χ0v) is 16.2. The van der Waals surface area contributed by atoms with Crippen molar-refractivity contribution >= 4 is 16.7 Å². The molecule has 0 aliphatic heterocycles. The van der Waals surface area contributed by atoms with Gasteiger partial charge in [-0.1, -0.05) is 24.3 Å². The Kier molecular flexibility index (Phi) is 4.65. The van der Waals surface area contributed by atoms with Crippen molar-refractivity contribution in [3.63, 3.8) is 0 Å². The number of phenolic OH excluding ortho intramolecular Hbond substituents is 1. The Labute approximate surface area is 164 Å². The van der Waals surface area contributed by atoms with Crippen LogP contribution in [0.15, 0.2) is 60.8 Å². The van der Waals surface area contributed by atoms with Crippen molar-refractivity contribution in [1.82, 2.24) is 15.0 Å². The summed E-state index contributed by atoms with van der Waals surface area (Å²) in [5.41, 5.74) is 4.75. The topological polar surface area (TPSA) is 62.1 Å². The summed E-state index contributed by atoms with van der Waals surface area (Å²) >= 11 is 0. The van der Waals surface area contributed by atoms with Gasteiger partial charge in [0.05, 0.1) is 23.3 Å². The molecule has 4 aromatic rings. The first-order valence-corrected chi connectivity index (χ1v) is 9.21. The van der Waals surface area contributed by atoms with Crippen molar-refractivity contribution in [3.8, 4) is 17.1 Å². The van der Waals surface area contributed by atoms with Crippen LogP contribution in [0.25, 0.3) is 22.3 Å². The largest absolute Gasteiger partial charge is 0.507 e. The van der Waals surface area contributed by atoms with Crippen molar-refractivity contribution in [1.29, 1.82) is 0 Å². The molecule has 0 saturated heterocycles. The maximum Gasteiger partial charge on any atom is 0.165 e. The van der Waals surface area contributed by atoms with Gasteiger partial charge in [0.1, 0.15) is 11.6 Å². The average Bonchev–Trinajstić information content (AvgIpc) is 2.69. The molecular weight excluding hydrogens is 348 g/mol. The van der Waals surface area contributed by atoms with Crippen LogP contribution in [0.5, 0.6) is 5.75 Å².